The van der Waals surface area contributed by atoms with Gasteiger partial charge < -0.3 is 0 Å². The molecule has 0 unspecified atom stereocenters. The quantitative estimate of drug-likeness (QED) is 0.549. The van der Waals surface area contributed by atoms with E-state index in [1.54, 1.807) is 6.20 Å². The summed E-state index contributed by atoms with van der Waals surface area (Å²) >= 11 is 0.180. The maximum atomic E-state index is 4.26. The van der Waals surface area contributed by atoms with Crippen molar-refractivity contribution >= 4 is 35.4 Å². The molecule has 0 bridgehead atoms. The summed E-state index contributed by atoms with van der Waals surface area (Å²) in [6, 6.07) is 8.09. The molecule has 13 heavy (non-hydrogen) atoms. The first-order valence-corrected chi connectivity index (χ1v) is 5.53. The van der Waals surface area contributed by atoms with Gasteiger partial charge in [-0.2, -0.15) is 0 Å². The summed E-state index contributed by atoms with van der Waals surface area (Å²) in [5.41, 5.74) is 2.02. The van der Waals surface area contributed by atoms with Crippen LogP contribution in [0, 0.1) is 0 Å². The van der Waals surface area contributed by atoms with Gasteiger partial charge in [0.25, 0.3) is 0 Å². The Morgan fingerprint density at radius 2 is 2.15 bits per heavy atom. The normalized spacial score (nSPS) is 11.1. The molecule has 0 aliphatic carbocycles. The number of aromatic nitrogens is 3. The zero-order chi connectivity index (χ0) is 8.67. The van der Waals surface area contributed by atoms with Crippen molar-refractivity contribution in [3.8, 4) is 0 Å². The van der Waals surface area contributed by atoms with Crippen LogP contribution in [0.15, 0.2) is 30.5 Å². The van der Waals surface area contributed by atoms with E-state index in [0.29, 0.717) is 0 Å². The van der Waals surface area contributed by atoms with Crippen LogP contribution in [0.4, 0.5) is 0 Å². The molecule has 0 spiro atoms. The maximum absolute atomic E-state index is 4.26. The van der Waals surface area contributed by atoms with E-state index >= 15 is 0 Å². The Hall–Kier alpha value is -1.25. The summed E-state index contributed by atoms with van der Waals surface area (Å²) in [6.07, 6.45) is 1.80. The standard InChI is InChI=1S/C9H5N3Se/c1-2-6-7(10-5-1)3-4-8-9(6)11-12-13-8/h1-5H. The van der Waals surface area contributed by atoms with E-state index in [2.05, 4.69) is 20.2 Å². The number of hydrogen-bond acceptors (Lipinski definition) is 3. The Balaban J connectivity index is 2.65. The Morgan fingerprint density at radius 3 is 3.15 bits per heavy atom. The first kappa shape index (κ1) is 7.18. The summed E-state index contributed by atoms with van der Waals surface area (Å²) in [6.45, 7) is 0. The van der Waals surface area contributed by atoms with Gasteiger partial charge in [-0.3, -0.25) is 0 Å². The summed E-state index contributed by atoms with van der Waals surface area (Å²) in [5.74, 6) is 0. The molecule has 3 aromatic rings. The minimum absolute atomic E-state index is 0.180. The van der Waals surface area contributed by atoms with Crippen LogP contribution in [0.3, 0.4) is 0 Å². The van der Waals surface area contributed by atoms with Gasteiger partial charge in [0.15, 0.2) is 0 Å². The third kappa shape index (κ3) is 0.996. The molecule has 0 aliphatic heterocycles. The summed E-state index contributed by atoms with van der Waals surface area (Å²) in [5, 5.41) is 5.25. The molecule has 3 nitrogen and oxygen atoms in total. The van der Waals surface area contributed by atoms with Crippen LogP contribution in [-0.2, 0) is 0 Å². The van der Waals surface area contributed by atoms with Crippen LogP contribution in [-0.4, -0.2) is 28.9 Å². The monoisotopic (exact) mass is 235 g/mol. The van der Waals surface area contributed by atoms with E-state index in [1.807, 2.05) is 18.2 Å². The number of benzene rings is 1. The Labute approximate surface area is 80.4 Å². The van der Waals surface area contributed by atoms with Crippen molar-refractivity contribution in [1.82, 2.24) is 14.2 Å². The second kappa shape index (κ2) is 2.62. The van der Waals surface area contributed by atoms with Crippen LogP contribution in [0.25, 0.3) is 20.7 Å². The van der Waals surface area contributed by atoms with E-state index in [9.17, 15) is 0 Å². The van der Waals surface area contributed by atoms with E-state index in [-0.39, 0.29) is 14.7 Å². The molecule has 0 N–H and O–H groups in total. The van der Waals surface area contributed by atoms with Gasteiger partial charge in [-0.1, -0.05) is 0 Å². The third-order valence-electron chi connectivity index (χ3n) is 2.00. The van der Waals surface area contributed by atoms with Gasteiger partial charge in [-0.25, -0.2) is 0 Å². The van der Waals surface area contributed by atoms with E-state index < -0.39 is 0 Å². The Bertz CT molecular complexity index is 573. The van der Waals surface area contributed by atoms with Crippen LogP contribution >= 0.6 is 0 Å². The molecule has 0 aliphatic rings. The molecule has 0 radical (unpaired) electrons. The van der Waals surface area contributed by atoms with Crippen molar-refractivity contribution in [2.75, 3.05) is 0 Å². The first-order valence-electron chi connectivity index (χ1n) is 3.91. The number of hydrogen-bond donors (Lipinski definition) is 0. The fourth-order valence-electron chi connectivity index (χ4n) is 1.40. The van der Waals surface area contributed by atoms with Crippen molar-refractivity contribution in [2.45, 2.75) is 0 Å². The van der Waals surface area contributed by atoms with Crippen molar-refractivity contribution in [1.29, 1.82) is 0 Å². The fraction of sp³-hybridized carbons (Fsp3) is 0. The molecule has 2 aromatic heterocycles. The second-order valence-electron chi connectivity index (χ2n) is 2.76. The van der Waals surface area contributed by atoms with Crippen molar-refractivity contribution < 1.29 is 0 Å². The zero-order valence-electron chi connectivity index (χ0n) is 6.64. The van der Waals surface area contributed by atoms with Crippen LogP contribution in [0.1, 0.15) is 0 Å². The third-order valence-corrected chi connectivity index (χ3v) is 3.45. The SMILES string of the molecule is c1cnc2ccc3[se]nnc3c2c1. The number of pyridine rings is 1. The first-order chi connectivity index (χ1) is 6.45. The second-order valence-corrected chi connectivity index (χ2v) is 4.40. The molecule has 0 saturated heterocycles. The van der Waals surface area contributed by atoms with E-state index in [1.165, 1.54) is 4.26 Å². The topological polar surface area (TPSA) is 38.7 Å². The van der Waals surface area contributed by atoms with Gasteiger partial charge in [0.1, 0.15) is 0 Å². The molecular weight excluding hydrogens is 229 g/mol. The predicted octanol–water partition coefficient (Wildman–Crippen LogP) is 1.23. The molecule has 2 heterocycles. The fourth-order valence-corrected chi connectivity index (χ4v) is 2.61. The molecule has 0 fully saturated rings. The van der Waals surface area contributed by atoms with Crippen molar-refractivity contribution in [2.24, 2.45) is 0 Å². The van der Waals surface area contributed by atoms with Gasteiger partial charge in [0.05, 0.1) is 0 Å². The summed E-state index contributed by atoms with van der Waals surface area (Å²) < 4.78 is 5.32. The average molecular weight is 234 g/mol. The van der Waals surface area contributed by atoms with E-state index in [0.717, 1.165) is 16.4 Å². The van der Waals surface area contributed by atoms with Crippen molar-refractivity contribution in [3.05, 3.63) is 30.5 Å². The molecular formula is C9H5N3Se. The van der Waals surface area contributed by atoms with Gasteiger partial charge in [-0.15, -0.1) is 0 Å². The van der Waals surface area contributed by atoms with Crippen molar-refractivity contribution in [3.63, 3.8) is 0 Å². The average Bonchev–Trinajstić information content (AvgIpc) is 2.65. The molecule has 3 rings (SSSR count). The molecule has 4 heteroatoms. The summed E-state index contributed by atoms with van der Waals surface area (Å²) in [4.78, 5) is 4.26. The molecule has 1 aromatic carbocycles. The van der Waals surface area contributed by atoms with Crippen LogP contribution in [0.5, 0.6) is 0 Å². The zero-order valence-corrected chi connectivity index (χ0v) is 8.35. The molecule has 0 amide bonds. The number of fused-ring (bicyclic) bond motifs is 3. The Morgan fingerprint density at radius 1 is 1.15 bits per heavy atom. The number of nitrogens with zero attached hydrogens (tertiary/aromatic N) is 3. The van der Waals surface area contributed by atoms with Gasteiger partial charge >= 0.3 is 80.1 Å². The number of rotatable bonds is 0. The Kier molecular flexibility index (Phi) is 1.45. The molecule has 62 valence electrons. The molecule has 0 saturated carbocycles. The minimum atomic E-state index is 0.180. The van der Waals surface area contributed by atoms with Gasteiger partial charge in [0.2, 0.25) is 0 Å². The molecule has 0 atom stereocenters. The predicted molar refractivity (Wildman–Crippen MR) is 51.8 cm³/mol. The van der Waals surface area contributed by atoms with Crippen LogP contribution < -0.4 is 0 Å². The summed E-state index contributed by atoms with van der Waals surface area (Å²) in [7, 11) is 0. The van der Waals surface area contributed by atoms with Crippen LogP contribution in [0.2, 0.25) is 0 Å². The van der Waals surface area contributed by atoms with Gasteiger partial charge in [-0.05, 0) is 0 Å². The van der Waals surface area contributed by atoms with E-state index in [4.69, 9.17) is 0 Å². The van der Waals surface area contributed by atoms with Gasteiger partial charge in [0, 0.05) is 0 Å².